The van der Waals surface area contributed by atoms with Gasteiger partial charge in [0.1, 0.15) is 0 Å². The average molecular weight is 431 g/mol. The van der Waals surface area contributed by atoms with Crippen LogP contribution >= 0.6 is 22.9 Å². The summed E-state index contributed by atoms with van der Waals surface area (Å²) < 4.78 is 13.2. The number of nitrogens with zero attached hydrogens (tertiary/aromatic N) is 3. The van der Waals surface area contributed by atoms with E-state index in [-0.39, 0.29) is 5.91 Å². The van der Waals surface area contributed by atoms with Crippen LogP contribution < -0.4 is 14.8 Å². The number of aryl methyl sites for hydroxylation is 2. The van der Waals surface area contributed by atoms with Crippen LogP contribution in [0.15, 0.2) is 30.6 Å². The SMILES string of the molecule is Cc1nc(NC(=O)/C=C/c2cc(Cl)c3c(c2)OCCCO3)sc1-c1nccn1C. The highest BCUT2D eigenvalue weighted by atomic mass is 35.5. The van der Waals surface area contributed by atoms with Gasteiger partial charge in [-0.25, -0.2) is 9.97 Å². The lowest BCUT2D eigenvalue weighted by molar-refractivity contribution is -0.111. The van der Waals surface area contributed by atoms with Crippen LogP contribution in [-0.4, -0.2) is 33.7 Å². The molecule has 1 aliphatic heterocycles. The molecule has 0 saturated carbocycles. The second-order valence-electron chi connectivity index (χ2n) is 6.50. The smallest absolute Gasteiger partial charge is 0.250 e. The fourth-order valence-electron chi connectivity index (χ4n) is 2.91. The van der Waals surface area contributed by atoms with E-state index in [1.807, 2.05) is 30.8 Å². The Hall–Kier alpha value is -2.84. The molecule has 0 saturated heterocycles. The lowest BCUT2D eigenvalue weighted by Gasteiger charge is -2.09. The van der Waals surface area contributed by atoms with Crippen molar-refractivity contribution in [2.24, 2.45) is 7.05 Å². The molecule has 0 unspecified atom stereocenters. The Bertz CT molecular complexity index is 1090. The Morgan fingerprint density at radius 2 is 2.17 bits per heavy atom. The monoisotopic (exact) mass is 430 g/mol. The van der Waals surface area contributed by atoms with Crippen molar-refractivity contribution < 1.29 is 14.3 Å². The lowest BCUT2D eigenvalue weighted by Crippen LogP contribution is -2.07. The van der Waals surface area contributed by atoms with Crippen LogP contribution in [0, 0.1) is 6.92 Å². The van der Waals surface area contributed by atoms with Gasteiger partial charge in [0.05, 0.1) is 28.8 Å². The predicted octanol–water partition coefficient (Wildman–Crippen LogP) is 4.32. The highest BCUT2D eigenvalue weighted by Gasteiger charge is 2.16. The van der Waals surface area contributed by atoms with E-state index in [4.69, 9.17) is 21.1 Å². The van der Waals surface area contributed by atoms with Gasteiger partial charge in [0.2, 0.25) is 5.91 Å². The molecule has 1 N–H and O–H groups in total. The first-order valence-electron chi connectivity index (χ1n) is 9.04. The van der Waals surface area contributed by atoms with Crippen LogP contribution in [0.4, 0.5) is 5.13 Å². The first-order valence-corrected chi connectivity index (χ1v) is 10.2. The van der Waals surface area contributed by atoms with Gasteiger partial charge < -0.3 is 14.0 Å². The van der Waals surface area contributed by atoms with Crippen molar-refractivity contribution >= 4 is 40.1 Å². The molecule has 1 aromatic carbocycles. The van der Waals surface area contributed by atoms with Crippen LogP contribution in [0.1, 0.15) is 17.7 Å². The number of nitrogens with one attached hydrogen (secondary N) is 1. The Kier molecular flexibility index (Phi) is 5.55. The molecule has 0 fully saturated rings. The maximum Gasteiger partial charge on any atom is 0.250 e. The van der Waals surface area contributed by atoms with E-state index < -0.39 is 0 Å². The van der Waals surface area contributed by atoms with Crippen LogP contribution in [0.5, 0.6) is 11.5 Å². The number of benzene rings is 1. The number of ether oxygens (including phenoxy) is 2. The number of halogens is 1. The summed E-state index contributed by atoms with van der Waals surface area (Å²) in [7, 11) is 1.92. The molecule has 0 spiro atoms. The summed E-state index contributed by atoms with van der Waals surface area (Å²) in [4.78, 5) is 22.0. The minimum atomic E-state index is -0.284. The molecular formula is C20H19ClN4O3S. The van der Waals surface area contributed by atoms with E-state index >= 15 is 0 Å². The van der Waals surface area contributed by atoms with E-state index in [0.717, 1.165) is 28.4 Å². The number of imidazole rings is 1. The molecule has 4 rings (SSSR count). The van der Waals surface area contributed by atoms with Gasteiger partial charge in [0.25, 0.3) is 0 Å². The summed E-state index contributed by atoms with van der Waals surface area (Å²) in [6.45, 7) is 3.03. The molecule has 7 nitrogen and oxygen atoms in total. The van der Waals surface area contributed by atoms with Crippen LogP contribution in [0.3, 0.4) is 0 Å². The normalized spacial score (nSPS) is 13.5. The molecular weight excluding hydrogens is 412 g/mol. The molecule has 2 aromatic heterocycles. The number of amides is 1. The van der Waals surface area contributed by atoms with Crippen molar-refractivity contribution in [3.63, 3.8) is 0 Å². The zero-order valence-electron chi connectivity index (χ0n) is 15.9. The second-order valence-corrected chi connectivity index (χ2v) is 7.90. The van der Waals surface area contributed by atoms with Crippen molar-refractivity contribution in [1.82, 2.24) is 14.5 Å². The standard InChI is InChI=1S/C20H19ClN4O3S/c1-12-18(19-22-6-7-25(19)2)29-20(23-12)24-16(26)5-4-13-10-14(21)17-15(11-13)27-8-3-9-28-17/h4-7,10-11H,3,8-9H2,1-2H3,(H,23,24,26)/b5-4+. The number of aromatic nitrogens is 3. The van der Waals surface area contributed by atoms with Gasteiger partial charge in [-0.2, -0.15) is 0 Å². The van der Waals surface area contributed by atoms with Gasteiger partial charge in [-0.15, -0.1) is 0 Å². The van der Waals surface area contributed by atoms with E-state index in [9.17, 15) is 4.79 Å². The van der Waals surface area contributed by atoms with Gasteiger partial charge in [-0.1, -0.05) is 22.9 Å². The fraction of sp³-hybridized carbons (Fsp3) is 0.250. The van der Waals surface area contributed by atoms with E-state index in [0.29, 0.717) is 34.9 Å². The summed E-state index contributed by atoms with van der Waals surface area (Å²) in [6.07, 6.45) is 7.51. The summed E-state index contributed by atoms with van der Waals surface area (Å²) >= 11 is 7.68. The highest BCUT2D eigenvalue weighted by Crippen LogP contribution is 2.38. The molecule has 0 aliphatic carbocycles. The third-order valence-electron chi connectivity index (χ3n) is 4.30. The summed E-state index contributed by atoms with van der Waals surface area (Å²) in [5, 5.41) is 3.78. The predicted molar refractivity (Wildman–Crippen MR) is 114 cm³/mol. The Morgan fingerprint density at radius 1 is 1.34 bits per heavy atom. The topological polar surface area (TPSA) is 78.3 Å². The number of hydrogen-bond donors (Lipinski definition) is 1. The number of hydrogen-bond acceptors (Lipinski definition) is 6. The number of thiazole rings is 1. The number of fused-ring (bicyclic) bond motifs is 1. The Balaban J connectivity index is 1.48. The number of carbonyl (C=O) groups excluding carboxylic acids is 1. The van der Waals surface area contributed by atoms with Crippen molar-refractivity contribution in [3.8, 4) is 22.2 Å². The van der Waals surface area contributed by atoms with Crippen molar-refractivity contribution in [3.05, 3.63) is 46.9 Å². The van der Waals surface area contributed by atoms with Crippen LogP contribution in [0.2, 0.25) is 5.02 Å². The van der Waals surface area contributed by atoms with E-state index in [1.165, 1.54) is 17.4 Å². The summed E-state index contributed by atoms with van der Waals surface area (Å²) in [6, 6.07) is 3.55. The van der Waals surface area contributed by atoms with Crippen LogP contribution in [0.25, 0.3) is 16.8 Å². The van der Waals surface area contributed by atoms with Gasteiger partial charge in [-0.3, -0.25) is 10.1 Å². The molecule has 3 aromatic rings. The Morgan fingerprint density at radius 3 is 2.97 bits per heavy atom. The van der Waals surface area contributed by atoms with Crippen LogP contribution in [-0.2, 0) is 11.8 Å². The molecule has 0 atom stereocenters. The second kappa shape index (κ2) is 8.26. The van der Waals surface area contributed by atoms with Gasteiger partial charge in [0, 0.05) is 31.9 Å². The fourth-order valence-corrected chi connectivity index (χ4v) is 4.19. The molecule has 150 valence electrons. The zero-order chi connectivity index (χ0) is 20.4. The van der Waals surface area contributed by atoms with Crippen molar-refractivity contribution in [2.45, 2.75) is 13.3 Å². The average Bonchev–Trinajstić information content (AvgIpc) is 3.16. The van der Waals surface area contributed by atoms with Crippen molar-refractivity contribution in [1.29, 1.82) is 0 Å². The number of anilines is 1. The minimum absolute atomic E-state index is 0.284. The first-order chi connectivity index (χ1) is 14.0. The quantitative estimate of drug-likeness (QED) is 0.623. The third-order valence-corrected chi connectivity index (χ3v) is 5.65. The van der Waals surface area contributed by atoms with E-state index in [1.54, 1.807) is 18.3 Å². The Labute approximate surface area is 177 Å². The van der Waals surface area contributed by atoms with Gasteiger partial charge in [0.15, 0.2) is 22.5 Å². The maximum absolute atomic E-state index is 12.3. The van der Waals surface area contributed by atoms with Gasteiger partial charge in [-0.05, 0) is 30.7 Å². The molecule has 9 heteroatoms. The minimum Gasteiger partial charge on any atom is -0.489 e. The first kappa shape index (κ1) is 19.5. The highest BCUT2D eigenvalue weighted by molar-refractivity contribution is 7.19. The molecule has 0 bridgehead atoms. The lowest BCUT2D eigenvalue weighted by atomic mass is 10.2. The molecule has 3 heterocycles. The largest absolute Gasteiger partial charge is 0.489 e. The number of rotatable bonds is 4. The van der Waals surface area contributed by atoms with Crippen molar-refractivity contribution in [2.75, 3.05) is 18.5 Å². The third kappa shape index (κ3) is 4.28. The molecule has 29 heavy (non-hydrogen) atoms. The maximum atomic E-state index is 12.3. The van der Waals surface area contributed by atoms with Gasteiger partial charge >= 0.3 is 0 Å². The summed E-state index contributed by atoms with van der Waals surface area (Å²) in [5.74, 6) is 1.67. The molecule has 1 aliphatic rings. The molecule has 1 amide bonds. The summed E-state index contributed by atoms with van der Waals surface area (Å²) in [5.41, 5.74) is 1.57. The molecule has 0 radical (unpaired) electrons. The number of carbonyl (C=O) groups is 1. The van der Waals surface area contributed by atoms with E-state index in [2.05, 4.69) is 15.3 Å². The zero-order valence-corrected chi connectivity index (χ0v) is 17.5.